The van der Waals surface area contributed by atoms with E-state index < -0.39 is 6.10 Å². The van der Waals surface area contributed by atoms with Crippen LogP contribution >= 0.6 is 0 Å². The largest absolute Gasteiger partial charge is 0.387 e. The predicted molar refractivity (Wildman–Crippen MR) is 71.5 cm³/mol. The maximum absolute atomic E-state index is 10.2. The van der Waals surface area contributed by atoms with E-state index in [0.29, 0.717) is 6.54 Å². The second kappa shape index (κ2) is 5.52. The van der Waals surface area contributed by atoms with Crippen LogP contribution in [-0.2, 0) is 0 Å². The average molecular weight is 234 g/mol. The van der Waals surface area contributed by atoms with Crippen molar-refractivity contribution in [3.8, 4) is 0 Å². The van der Waals surface area contributed by atoms with E-state index in [0.717, 1.165) is 18.7 Å². The number of hydrogen-bond donors (Lipinski definition) is 2. The summed E-state index contributed by atoms with van der Waals surface area (Å²) in [5, 5.41) is 13.2. The van der Waals surface area contributed by atoms with E-state index in [1.807, 2.05) is 7.05 Å². The smallest absolute Gasteiger partial charge is 0.0934 e. The molecule has 1 aromatic carbocycles. The normalized spacial score (nSPS) is 17.5. The molecule has 94 valence electrons. The molecule has 0 aliphatic carbocycles. The van der Waals surface area contributed by atoms with Gasteiger partial charge in [-0.2, -0.15) is 0 Å². The highest BCUT2D eigenvalue weighted by Gasteiger charge is 2.19. The van der Waals surface area contributed by atoms with Gasteiger partial charge in [-0.05, 0) is 32.9 Å². The van der Waals surface area contributed by atoms with Crippen molar-refractivity contribution in [1.82, 2.24) is 5.32 Å². The molecule has 1 aliphatic rings. The molecule has 0 spiro atoms. The molecule has 3 heteroatoms. The van der Waals surface area contributed by atoms with Crippen LogP contribution in [0.4, 0.5) is 5.69 Å². The first-order chi connectivity index (χ1) is 8.22. The van der Waals surface area contributed by atoms with Crippen LogP contribution < -0.4 is 10.2 Å². The molecule has 0 saturated carbocycles. The summed E-state index contributed by atoms with van der Waals surface area (Å²) in [6, 6.07) is 6.38. The maximum Gasteiger partial charge on any atom is 0.0934 e. The van der Waals surface area contributed by atoms with Gasteiger partial charge >= 0.3 is 0 Å². The summed E-state index contributed by atoms with van der Waals surface area (Å²) in [6.45, 7) is 4.90. The van der Waals surface area contributed by atoms with Gasteiger partial charge in [-0.15, -0.1) is 0 Å². The Labute approximate surface area is 103 Å². The Morgan fingerprint density at radius 2 is 2.06 bits per heavy atom. The minimum Gasteiger partial charge on any atom is -0.387 e. The third kappa shape index (κ3) is 2.79. The van der Waals surface area contributed by atoms with E-state index in [1.165, 1.54) is 24.1 Å². The first-order valence-electron chi connectivity index (χ1n) is 6.40. The molecule has 1 aliphatic heterocycles. The first kappa shape index (κ1) is 12.4. The molecule has 1 fully saturated rings. The molecule has 1 saturated heterocycles. The third-order valence-electron chi connectivity index (χ3n) is 3.39. The Hall–Kier alpha value is -1.06. The van der Waals surface area contributed by atoms with Crippen molar-refractivity contribution >= 4 is 5.69 Å². The highest BCUT2D eigenvalue weighted by Crippen LogP contribution is 2.29. The summed E-state index contributed by atoms with van der Waals surface area (Å²) in [5.41, 5.74) is 3.47. The number of hydrogen-bond acceptors (Lipinski definition) is 3. The lowest BCUT2D eigenvalue weighted by atomic mass is 10.0. The highest BCUT2D eigenvalue weighted by molar-refractivity contribution is 5.56. The van der Waals surface area contributed by atoms with Crippen molar-refractivity contribution in [2.45, 2.75) is 25.9 Å². The molecule has 0 amide bonds. The van der Waals surface area contributed by atoms with E-state index in [9.17, 15) is 5.11 Å². The van der Waals surface area contributed by atoms with Crippen LogP contribution in [0.1, 0.15) is 30.1 Å². The Kier molecular flexibility index (Phi) is 4.02. The molecule has 3 nitrogen and oxygen atoms in total. The Balaban J connectivity index is 2.29. The molecular weight excluding hydrogens is 212 g/mol. The van der Waals surface area contributed by atoms with Gasteiger partial charge < -0.3 is 15.3 Å². The number of rotatable bonds is 4. The topological polar surface area (TPSA) is 35.5 Å². The summed E-state index contributed by atoms with van der Waals surface area (Å²) in [7, 11) is 1.87. The first-order valence-corrected chi connectivity index (χ1v) is 6.40. The molecule has 2 rings (SSSR count). The quantitative estimate of drug-likeness (QED) is 0.834. The van der Waals surface area contributed by atoms with Gasteiger partial charge in [0.05, 0.1) is 6.10 Å². The van der Waals surface area contributed by atoms with Crippen LogP contribution in [0, 0.1) is 6.92 Å². The van der Waals surface area contributed by atoms with Crippen molar-refractivity contribution in [2.75, 3.05) is 31.6 Å². The minimum atomic E-state index is -0.421. The lowest BCUT2D eigenvalue weighted by Gasteiger charge is -2.24. The number of anilines is 1. The number of aliphatic hydroxyl groups excluding tert-OH is 1. The van der Waals surface area contributed by atoms with Gasteiger partial charge in [0.25, 0.3) is 0 Å². The van der Waals surface area contributed by atoms with Gasteiger partial charge in [0.2, 0.25) is 0 Å². The zero-order chi connectivity index (χ0) is 12.3. The van der Waals surface area contributed by atoms with Crippen LogP contribution in [0.25, 0.3) is 0 Å². The summed E-state index contributed by atoms with van der Waals surface area (Å²) in [5.74, 6) is 0. The monoisotopic (exact) mass is 234 g/mol. The molecular formula is C14H22N2O. The predicted octanol–water partition coefficient (Wildman–Crippen LogP) is 1.85. The van der Waals surface area contributed by atoms with Crippen molar-refractivity contribution in [3.05, 3.63) is 29.3 Å². The third-order valence-corrected chi connectivity index (χ3v) is 3.39. The molecule has 1 aromatic rings. The standard InChI is InChI=1S/C14H22N2O/c1-11-5-6-13(16-7-3-4-8-16)12(9-11)14(17)10-15-2/h5-6,9,14-15,17H,3-4,7-8,10H2,1-2H3. The molecule has 1 heterocycles. The van der Waals surface area contributed by atoms with Gasteiger partial charge in [-0.3, -0.25) is 0 Å². The molecule has 1 atom stereocenters. The fourth-order valence-corrected chi connectivity index (χ4v) is 2.49. The Morgan fingerprint density at radius 1 is 1.35 bits per heavy atom. The molecule has 1 unspecified atom stereocenters. The molecule has 0 radical (unpaired) electrons. The van der Waals surface area contributed by atoms with Gasteiger partial charge in [0.1, 0.15) is 0 Å². The Bertz CT molecular complexity index is 372. The number of aryl methyl sites for hydroxylation is 1. The van der Waals surface area contributed by atoms with Crippen LogP contribution in [0.3, 0.4) is 0 Å². The molecule has 0 aromatic heterocycles. The van der Waals surface area contributed by atoms with Crippen molar-refractivity contribution < 1.29 is 5.11 Å². The van der Waals surface area contributed by atoms with E-state index in [2.05, 4.69) is 35.3 Å². The zero-order valence-corrected chi connectivity index (χ0v) is 10.7. The van der Waals surface area contributed by atoms with Gasteiger partial charge in [-0.1, -0.05) is 17.7 Å². The summed E-state index contributed by atoms with van der Waals surface area (Å²) >= 11 is 0. The lowest BCUT2D eigenvalue weighted by Crippen LogP contribution is -2.23. The van der Waals surface area contributed by atoms with E-state index in [1.54, 1.807) is 0 Å². The summed E-state index contributed by atoms with van der Waals surface area (Å²) in [6.07, 6.45) is 2.10. The van der Waals surface area contributed by atoms with E-state index in [4.69, 9.17) is 0 Å². The zero-order valence-electron chi connectivity index (χ0n) is 10.7. The van der Waals surface area contributed by atoms with Crippen LogP contribution in [-0.4, -0.2) is 31.8 Å². The number of nitrogens with zero attached hydrogens (tertiary/aromatic N) is 1. The fraction of sp³-hybridized carbons (Fsp3) is 0.571. The van der Waals surface area contributed by atoms with Gasteiger partial charge in [0.15, 0.2) is 0 Å². The average Bonchev–Trinajstić information content (AvgIpc) is 2.82. The van der Waals surface area contributed by atoms with Crippen LogP contribution in [0.15, 0.2) is 18.2 Å². The molecule has 0 bridgehead atoms. The fourth-order valence-electron chi connectivity index (χ4n) is 2.49. The van der Waals surface area contributed by atoms with Crippen LogP contribution in [0.5, 0.6) is 0 Å². The second-order valence-electron chi connectivity index (χ2n) is 4.83. The number of likely N-dealkylation sites (N-methyl/N-ethyl adjacent to an activating group) is 1. The number of aliphatic hydroxyl groups is 1. The van der Waals surface area contributed by atoms with E-state index in [-0.39, 0.29) is 0 Å². The van der Waals surface area contributed by atoms with Gasteiger partial charge in [-0.25, -0.2) is 0 Å². The Morgan fingerprint density at radius 3 is 2.71 bits per heavy atom. The number of nitrogens with one attached hydrogen (secondary N) is 1. The molecule has 2 N–H and O–H groups in total. The summed E-state index contributed by atoms with van der Waals surface area (Å²) < 4.78 is 0. The number of benzene rings is 1. The lowest BCUT2D eigenvalue weighted by molar-refractivity contribution is 0.178. The van der Waals surface area contributed by atoms with Crippen molar-refractivity contribution in [2.24, 2.45) is 0 Å². The second-order valence-corrected chi connectivity index (χ2v) is 4.83. The maximum atomic E-state index is 10.2. The van der Waals surface area contributed by atoms with E-state index >= 15 is 0 Å². The summed E-state index contributed by atoms with van der Waals surface area (Å²) in [4.78, 5) is 2.38. The van der Waals surface area contributed by atoms with Crippen LogP contribution in [0.2, 0.25) is 0 Å². The minimum absolute atomic E-state index is 0.421. The molecule has 17 heavy (non-hydrogen) atoms. The van der Waals surface area contributed by atoms with Crippen molar-refractivity contribution in [1.29, 1.82) is 0 Å². The SMILES string of the molecule is CNCC(O)c1cc(C)ccc1N1CCCC1. The highest BCUT2D eigenvalue weighted by atomic mass is 16.3. The van der Waals surface area contributed by atoms with Crippen molar-refractivity contribution in [3.63, 3.8) is 0 Å². The van der Waals surface area contributed by atoms with Gasteiger partial charge in [0, 0.05) is 30.9 Å².